The number of hydrogen-bond donors (Lipinski definition) is 0. The summed E-state index contributed by atoms with van der Waals surface area (Å²) in [5.41, 5.74) is -4.21. The van der Waals surface area contributed by atoms with Crippen LogP contribution >= 0.6 is 0 Å². The SMILES string of the molecule is CC(=O)O[C@@H]1C(=O)[C@]2(C)[C@H](CC[C@@]3(C)[C@H](c4ccoc4)OC(=O)[C@H]4O[C@@]432)[C@@]23COC(=O)C[C@@H]2OC(C)(C)[C@@H]13. The zero-order valence-electron chi connectivity index (χ0n) is 22.1. The molecule has 10 atom stereocenters. The molecule has 2 aliphatic carbocycles. The van der Waals surface area contributed by atoms with Gasteiger partial charge < -0.3 is 28.1 Å². The van der Waals surface area contributed by atoms with E-state index in [4.69, 9.17) is 28.1 Å². The molecule has 204 valence electrons. The summed E-state index contributed by atoms with van der Waals surface area (Å²) in [6.45, 7) is 8.93. The summed E-state index contributed by atoms with van der Waals surface area (Å²) >= 11 is 0. The molecule has 0 amide bonds. The average molecular weight is 529 g/mol. The topological polar surface area (TPSA) is 131 Å². The van der Waals surface area contributed by atoms with Gasteiger partial charge >= 0.3 is 17.9 Å². The molecule has 4 saturated heterocycles. The van der Waals surface area contributed by atoms with Crippen molar-refractivity contribution >= 4 is 23.7 Å². The van der Waals surface area contributed by atoms with E-state index in [-0.39, 0.29) is 30.7 Å². The third kappa shape index (κ3) is 2.48. The van der Waals surface area contributed by atoms with Crippen molar-refractivity contribution in [3.63, 3.8) is 0 Å². The van der Waals surface area contributed by atoms with Crippen molar-refractivity contribution in [1.29, 1.82) is 0 Å². The number of hydrogen-bond acceptors (Lipinski definition) is 10. The first-order valence-corrected chi connectivity index (χ1v) is 13.3. The van der Waals surface area contributed by atoms with E-state index in [1.165, 1.54) is 13.2 Å². The Hall–Kier alpha value is -2.72. The van der Waals surface area contributed by atoms with E-state index >= 15 is 0 Å². The Kier molecular flexibility index (Phi) is 4.53. The minimum atomic E-state index is -1.26. The lowest BCUT2D eigenvalue weighted by Crippen LogP contribution is -2.76. The van der Waals surface area contributed by atoms with Crippen molar-refractivity contribution in [3.8, 4) is 0 Å². The Morgan fingerprint density at radius 3 is 2.53 bits per heavy atom. The maximum atomic E-state index is 14.8. The smallest absolute Gasteiger partial charge is 0.339 e. The van der Waals surface area contributed by atoms with Crippen LogP contribution in [0.2, 0.25) is 0 Å². The van der Waals surface area contributed by atoms with Gasteiger partial charge in [-0.15, -0.1) is 0 Å². The Bertz CT molecular complexity index is 1270. The first-order valence-electron chi connectivity index (χ1n) is 13.3. The molecule has 0 aromatic carbocycles. The maximum absolute atomic E-state index is 14.8. The molecule has 6 fully saturated rings. The number of esters is 3. The fourth-order valence-corrected chi connectivity index (χ4v) is 9.78. The molecule has 5 heterocycles. The van der Waals surface area contributed by atoms with Gasteiger partial charge in [-0.1, -0.05) is 6.92 Å². The molecular formula is C28H32O10. The molecule has 0 radical (unpaired) electrons. The standard InChI is InChI=1S/C28H32O10/c1-13(29)35-18-19-24(2,3)37-16-10-17(30)34-12-27(16,19)15-6-8-25(4)21(14-7-9-33-11-14)36-23(32)22-28(25,38-22)26(15,5)20(18)31/h7,9,11,15-16,18-19,21-22H,6,8,10,12H2,1-5H3/t15-,16-,18-,19+,21-,22+,25-,26-,27-,28-/m0/s1. The van der Waals surface area contributed by atoms with Crippen LogP contribution in [0.4, 0.5) is 0 Å². The van der Waals surface area contributed by atoms with E-state index in [0.29, 0.717) is 18.4 Å². The molecule has 0 unspecified atom stereocenters. The second kappa shape index (κ2) is 7.07. The molecule has 2 spiro atoms. The Morgan fingerprint density at radius 2 is 1.84 bits per heavy atom. The van der Waals surface area contributed by atoms with Gasteiger partial charge in [-0.2, -0.15) is 0 Å². The van der Waals surface area contributed by atoms with Crippen LogP contribution in [0.15, 0.2) is 23.0 Å². The van der Waals surface area contributed by atoms with Gasteiger partial charge in [0.05, 0.1) is 36.1 Å². The van der Waals surface area contributed by atoms with Crippen molar-refractivity contribution in [2.45, 2.75) is 89.5 Å². The van der Waals surface area contributed by atoms with E-state index in [1.807, 2.05) is 27.7 Å². The molecule has 2 saturated carbocycles. The van der Waals surface area contributed by atoms with Gasteiger partial charge in [0, 0.05) is 29.2 Å². The summed E-state index contributed by atoms with van der Waals surface area (Å²) in [7, 11) is 0. The number of cyclic esters (lactones) is 2. The van der Waals surface area contributed by atoms with Crippen LogP contribution < -0.4 is 0 Å². The number of carbonyl (C=O) groups excluding carboxylic acids is 4. The summed E-state index contributed by atoms with van der Waals surface area (Å²) < 4.78 is 35.7. The molecule has 0 bridgehead atoms. The quantitative estimate of drug-likeness (QED) is 0.321. The number of fused-ring (bicyclic) bond motifs is 1. The van der Waals surface area contributed by atoms with Crippen molar-refractivity contribution < 1.29 is 47.3 Å². The lowest BCUT2D eigenvalue weighted by molar-refractivity contribution is -0.240. The van der Waals surface area contributed by atoms with Crippen LogP contribution in [0.25, 0.3) is 0 Å². The van der Waals surface area contributed by atoms with Crippen molar-refractivity contribution in [3.05, 3.63) is 24.2 Å². The minimum Gasteiger partial charge on any atom is -0.472 e. The monoisotopic (exact) mass is 528 g/mol. The van der Waals surface area contributed by atoms with Crippen LogP contribution in [0.5, 0.6) is 0 Å². The fourth-order valence-electron chi connectivity index (χ4n) is 9.78. The normalized spacial score (nSPS) is 49.9. The van der Waals surface area contributed by atoms with E-state index in [0.717, 1.165) is 0 Å². The number of furan rings is 1. The predicted molar refractivity (Wildman–Crippen MR) is 125 cm³/mol. The van der Waals surface area contributed by atoms with Crippen LogP contribution in [-0.4, -0.2) is 59.8 Å². The summed E-state index contributed by atoms with van der Waals surface area (Å²) in [5, 5.41) is 0. The minimum absolute atomic E-state index is 0.0434. The molecule has 4 aliphatic heterocycles. The molecule has 1 aromatic rings. The number of Topliss-reactive ketones (excluding diaryl/α,β-unsaturated/α-hetero) is 1. The van der Waals surface area contributed by atoms with Gasteiger partial charge in [0.2, 0.25) is 0 Å². The van der Waals surface area contributed by atoms with E-state index in [9.17, 15) is 19.2 Å². The van der Waals surface area contributed by atoms with Gasteiger partial charge in [-0.05, 0) is 45.6 Å². The number of ether oxygens (including phenoxy) is 5. The largest absolute Gasteiger partial charge is 0.472 e. The molecule has 0 N–H and O–H groups in total. The molecule has 10 nitrogen and oxygen atoms in total. The van der Waals surface area contributed by atoms with Crippen LogP contribution in [-0.2, 0) is 42.9 Å². The first-order chi connectivity index (χ1) is 17.8. The molecule has 10 heteroatoms. The molecular weight excluding hydrogens is 496 g/mol. The van der Waals surface area contributed by atoms with E-state index < -0.39 is 69.7 Å². The molecule has 1 aromatic heterocycles. The first kappa shape index (κ1) is 24.3. The number of ketones is 1. The van der Waals surface area contributed by atoms with E-state index in [1.54, 1.807) is 12.3 Å². The van der Waals surface area contributed by atoms with Gasteiger partial charge in [0.1, 0.15) is 18.3 Å². The van der Waals surface area contributed by atoms with Gasteiger partial charge in [0.15, 0.2) is 18.0 Å². The predicted octanol–water partition coefficient (Wildman–Crippen LogP) is 2.68. The Balaban J connectivity index is 1.45. The van der Waals surface area contributed by atoms with E-state index in [2.05, 4.69) is 0 Å². The lowest BCUT2D eigenvalue weighted by Gasteiger charge is -2.65. The third-order valence-corrected chi connectivity index (χ3v) is 11.0. The highest BCUT2D eigenvalue weighted by Crippen LogP contribution is 2.79. The fraction of sp³-hybridized carbons (Fsp3) is 0.714. The van der Waals surface area contributed by atoms with Gasteiger partial charge in [-0.3, -0.25) is 14.4 Å². The number of epoxide rings is 1. The highest BCUT2D eigenvalue weighted by atomic mass is 16.7. The summed E-state index contributed by atoms with van der Waals surface area (Å²) in [6, 6.07) is 1.76. The van der Waals surface area contributed by atoms with Gasteiger partial charge in [0.25, 0.3) is 0 Å². The Morgan fingerprint density at radius 1 is 1.08 bits per heavy atom. The highest BCUT2D eigenvalue weighted by molar-refractivity contribution is 5.97. The van der Waals surface area contributed by atoms with Crippen molar-refractivity contribution in [2.75, 3.05) is 6.61 Å². The van der Waals surface area contributed by atoms with Crippen LogP contribution in [0.1, 0.15) is 65.5 Å². The second-order valence-corrected chi connectivity index (χ2v) is 12.9. The van der Waals surface area contributed by atoms with Crippen molar-refractivity contribution in [2.24, 2.45) is 28.1 Å². The van der Waals surface area contributed by atoms with Crippen LogP contribution in [0, 0.1) is 28.1 Å². The summed E-state index contributed by atoms with van der Waals surface area (Å²) in [5.74, 6) is -2.65. The number of carbonyl (C=O) groups is 4. The summed E-state index contributed by atoms with van der Waals surface area (Å²) in [6.07, 6.45) is 0.994. The molecule has 6 aliphatic rings. The third-order valence-electron chi connectivity index (χ3n) is 11.0. The lowest BCUT2D eigenvalue weighted by atomic mass is 9.36. The molecule has 38 heavy (non-hydrogen) atoms. The zero-order valence-corrected chi connectivity index (χ0v) is 22.1. The molecule has 7 rings (SSSR count). The summed E-state index contributed by atoms with van der Waals surface area (Å²) in [4.78, 5) is 53.0. The van der Waals surface area contributed by atoms with Gasteiger partial charge in [-0.25, -0.2) is 4.79 Å². The average Bonchev–Trinajstić information content (AvgIpc) is 3.31. The maximum Gasteiger partial charge on any atom is 0.339 e. The van der Waals surface area contributed by atoms with Crippen LogP contribution in [0.3, 0.4) is 0 Å². The number of rotatable bonds is 2. The van der Waals surface area contributed by atoms with Crippen molar-refractivity contribution in [1.82, 2.24) is 0 Å². The second-order valence-electron chi connectivity index (χ2n) is 12.9. The zero-order chi connectivity index (χ0) is 27.0. The highest BCUT2D eigenvalue weighted by Gasteiger charge is 2.91. The Labute approximate surface area is 219 Å².